The number of nitro groups is 1. The molecule has 1 aliphatic rings. The summed E-state index contributed by atoms with van der Waals surface area (Å²) in [6.07, 6.45) is 1.87. The highest BCUT2D eigenvalue weighted by Crippen LogP contribution is 2.51. The van der Waals surface area contributed by atoms with Crippen LogP contribution in [0, 0.1) is 17.0 Å². The fraction of sp³-hybridized carbons (Fsp3) is 0.588. The van der Waals surface area contributed by atoms with E-state index in [9.17, 15) is 14.9 Å². The van der Waals surface area contributed by atoms with Gasteiger partial charge in [0.15, 0.2) is 0 Å². The molecule has 120 valence electrons. The van der Waals surface area contributed by atoms with Gasteiger partial charge >= 0.3 is 0 Å². The predicted molar refractivity (Wildman–Crippen MR) is 87.4 cm³/mol. The molecular formula is C17H24N2O3. The zero-order valence-electron chi connectivity index (χ0n) is 14.2. The number of nitrogens with zero attached hydrogens (tertiary/aromatic N) is 1. The van der Waals surface area contributed by atoms with E-state index in [1.807, 2.05) is 6.07 Å². The van der Waals surface area contributed by atoms with Gasteiger partial charge in [0.1, 0.15) is 0 Å². The Kier molecular flexibility index (Phi) is 3.80. The fourth-order valence-corrected chi connectivity index (χ4v) is 3.42. The quantitative estimate of drug-likeness (QED) is 0.657. The first-order valence-electron chi connectivity index (χ1n) is 7.58. The maximum absolute atomic E-state index is 11.7. The second-order valence-corrected chi connectivity index (χ2v) is 7.53. The number of anilines is 1. The molecule has 2 rings (SSSR count). The van der Waals surface area contributed by atoms with E-state index in [0.29, 0.717) is 11.3 Å². The molecule has 0 saturated carbocycles. The lowest BCUT2D eigenvalue weighted by Gasteiger charge is -2.41. The molecule has 0 saturated heterocycles. The van der Waals surface area contributed by atoms with Gasteiger partial charge in [-0.1, -0.05) is 27.7 Å². The van der Waals surface area contributed by atoms with E-state index in [1.54, 1.807) is 6.92 Å². The van der Waals surface area contributed by atoms with Crippen LogP contribution in [0.1, 0.15) is 64.2 Å². The van der Waals surface area contributed by atoms with Crippen molar-refractivity contribution in [3.8, 4) is 0 Å². The molecule has 0 fully saturated rings. The monoisotopic (exact) mass is 304 g/mol. The average Bonchev–Trinajstić information content (AvgIpc) is 2.35. The van der Waals surface area contributed by atoms with Crippen molar-refractivity contribution in [2.45, 2.75) is 65.2 Å². The zero-order chi connectivity index (χ0) is 16.9. The minimum atomic E-state index is -0.303. The smallest absolute Gasteiger partial charge is 0.278 e. The standard InChI is InChI=1S/C17H24N2O3/c1-10-13(18-11(2)20)9-12-14(15(10)19(21)22)17(5,6)8-7-16(12,3)4/h9H,7-8H2,1-6H3,(H,18,20). The minimum absolute atomic E-state index is 0.142. The highest BCUT2D eigenvalue weighted by molar-refractivity contribution is 5.91. The molecule has 0 aromatic heterocycles. The van der Waals surface area contributed by atoms with Crippen LogP contribution in [0.15, 0.2) is 6.07 Å². The fourth-order valence-electron chi connectivity index (χ4n) is 3.42. The van der Waals surface area contributed by atoms with Crippen LogP contribution in [0.2, 0.25) is 0 Å². The molecule has 0 aliphatic heterocycles. The van der Waals surface area contributed by atoms with Gasteiger partial charge in [-0.15, -0.1) is 0 Å². The summed E-state index contributed by atoms with van der Waals surface area (Å²) in [6.45, 7) is 11.5. The van der Waals surface area contributed by atoms with Gasteiger partial charge < -0.3 is 5.32 Å². The first kappa shape index (κ1) is 16.5. The van der Waals surface area contributed by atoms with Gasteiger partial charge in [0.2, 0.25) is 5.91 Å². The summed E-state index contributed by atoms with van der Waals surface area (Å²) < 4.78 is 0. The highest BCUT2D eigenvalue weighted by atomic mass is 16.6. The molecule has 0 heterocycles. The van der Waals surface area contributed by atoms with Gasteiger partial charge in [0, 0.05) is 12.5 Å². The van der Waals surface area contributed by atoms with Gasteiger partial charge in [-0.05, 0) is 42.2 Å². The van der Waals surface area contributed by atoms with E-state index >= 15 is 0 Å². The average molecular weight is 304 g/mol. The van der Waals surface area contributed by atoms with Crippen LogP contribution in [-0.4, -0.2) is 10.8 Å². The Bertz CT molecular complexity index is 660. The van der Waals surface area contributed by atoms with Crippen LogP contribution in [-0.2, 0) is 15.6 Å². The molecule has 1 aliphatic carbocycles. The summed E-state index contributed by atoms with van der Waals surface area (Å²) in [5.74, 6) is -0.217. The summed E-state index contributed by atoms with van der Waals surface area (Å²) in [7, 11) is 0. The zero-order valence-corrected chi connectivity index (χ0v) is 14.2. The van der Waals surface area contributed by atoms with Crippen LogP contribution < -0.4 is 5.32 Å². The Morgan fingerprint density at radius 1 is 1.23 bits per heavy atom. The van der Waals surface area contributed by atoms with Gasteiger partial charge in [0.05, 0.1) is 16.2 Å². The van der Waals surface area contributed by atoms with Crippen molar-refractivity contribution >= 4 is 17.3 Å². The second kappa shape index (κ2) is 5.07. The first-order valence-corrected chi connectivity index (χ1v) is 7.58. The molecular weight excluding hydrogens is 280 g/mol. The molecule has 0 spiro atoms. The lowest BCUT2D eigenvalue weighted by atomic mass is 9.62. The number of benzene rings is 1. The number of fused-ring (bicyclic) bond motifs is 1. The molecule has 1 N–H and O–H groups in total. The number of rotatable bonds is 2. The van der Waals surface area contributed by atoms with E-state index in [4.69, 9.17) is 0 Å². The van der Waals surface area contributed by atoms with Crippen molar-refractivity contribution < 1.29 is 9.72 Å². The molecule has 5 heteroatoms. The Morgan fingerprint density at radius 3 is 2.27 bits per heavy atom. The Labute approximate surface area is 131 Å². The third kappa shape index (κ3) is 2.60. The SMILES string of the molecule is CC(=O)Nc1cc2c(c([N+](=O)[O-])c1C)C(C)(C)CCC2(C)C. The van der Waals surface area contributed by atoms with Crippen LogP contribution in [0.3, 0.4) is 0 Å². The normalized spacial score (nSPS) is 18.5. The molecule has 5 nitrogen and oxygen atoms in total. The number of nitro benzene ring substituents is 1. The number of hydrogen-bond acceptors (Lipinski definition) is 3. The van der Waals surface area contributed by atoms with Crippen molar-refractivity contribution in [3.05, 3.63) is 32.9 Å². The summed E-state index contributed by atoms with van der Waals surface area (Å²) in [5, 5.41) is 14.5. The van der Waals surface area contributed by atoms with Crippen LogP contribution in [0.4, 0.5) is 11.4 Å². The first-order chi connectivity index (χ1) is 9.97. The summed E-state index contributed by atoms with van der Waals surface area (Å²) in [5.41, 5.74) is 2.64. The van der Waals surface area contributed by atoms with Crippen molar-refractivity contribution in [3.63, 3.8) is 0 Å². The number of nitrogens with one attached hydrogen (secondary N) is 1. The molecule has 1 amide bonds. The van der Waals surface area contributed by atoms with Crippen molar-refractivity contribution in [1.82, 2.24) is 0 Å². The maximum atomic E-state index is 11.7. The summed E-state index contributed by atoms with van der Waals surface area (Å²) in [4.78, 5) is 22.8. The maximum Gasteiger partial charge on any atom is 0.278 e. The largest absolute Gasteiger partial charge is 0.326 e. The van der Waals surface area contributed by atoms with E-state index in [2.05, 4.69) is 33.0 Å². The number of carbonyl (C=O) groups is 1. The Balaban J connectivity index is 2.87. The molecule has 22 heavy (non-hydrogen) atoms. The lowest BCUT2D eigenvalue weighted by molar-refractivity contribution is -0.386. The molecule has 0 atom stereocenters. The van der Waals surface area contributed by atoms with E-state index < -0.39 is 0 Å². The van der Waals surface area contributed by atoms with E-state index in [1.165, 1.54) is 6.92 Å². The third-order valence-electron chi connectivity index (χ3n) is 4.83. The van der Waals surface area contributed by atoms with Crippen molar-refractivity contribution in [2.24, 2.45) is 0 Å². The lowest BCUT2D eigenvalue weighted by Crippen LogP contribution is -2.35. The van der Waals surface area contributed by atoms with Crippen molar-refractivity contribution in [2.75, 3.05) is 5.32 Å². The van der Waals surface area contributed by atoms with Crippen molar-refractivity contribution in [1.29, 1.82) is 0 Å². The third-order valence-corrected chi connectivity index (χ3v) is 4.83. The molecule has 0 bridgehead atoms. The second-order valence-electron chi connectivity index (χ2n) is 7.53. The van der Waals surface area contributed by atoms with Crippen LogP contribution in [0.5, 0.6) is 0 Å². The van der Waals surface area contributed by atoms with Crippen LogP contribution >= 0.6 is 0 Å². The predicted octanol–water partition coefficient (Wildman–Crippen LogP) is 4.21. The number of amides is 1. The van der Waals surface area contributed by atoms with E-state index in [-0.39, 0.29) is 27.3 Å². The number of hydrogen-bond donors (Lipinski definition) is 1. The summed E-state index contributed by atoms with van der Waals surface area (Å²) in [6, 6.07) is 1.93. The minimum Gasteiger partial charge on any atom is -0.326 e. The van der Waals surface area contributed by atoms with Crippen LogP contribution in [0.25, 0.3) is 0 Å². The highest BCUT2D eigenvalue weighted by Gasteiger charge is 2.43. The Morgan fingerprint density at radius 2 is 1.77 bits per heavy atom. The molecule has 0 unspecified atom stereocenters. The number of carbonyl (C=O) groups excluding carboxylic acids is 1. The molecule has 1 aromatic carbocycles. The van der Waals surface area contributed by atoms with Gasteiger partial charge in [-0.3, -0.25) is 14.9 Å². The van der Waals surface area contributed by atoms with E-state index in [0.717, 1.165) is 24.0 Å². The molecule has 1 aromatic rings. The summed E-state index contributed by atoms with van der Waals surface area (Å²) >= 11 is 0. The van der Waals surface area contributed by atoms with Gasteiger partial charge in [0.25, 0.3) is 5.69 Å². The molecule has 0 radical (unpaired) electrons. The Hall–Kier alpha value is -1.91. The topological polar surface area (TPSA) is 72.2 Å². The van der Waals surface area contributed by atoms with Gasteiger partial charge in [-0.2, -0.15) is 0 Å². The van der Waals surface area contributed by atoms with Gasteiger partial charge in [-0.25, -0.2) is 0 Å².